The van der Waals surface area contributed by atoms with Crippen molar-refractivity contribution in [1.29, 1.82) is 0 Å². The summed E-state index contributed by atoms with van der Waals surface area (Å²) in [5.74, 6) is 0. The molecule has 0 amide bonds. The lowest BCUT2D eigenvalue weighted by atomic mass is 10.2. The molecule has 2 aliphatic heterocycles. The van der Waals surface area contributed by atoms with E-state index in [2.05, 4.69) is 11.9 Å². The van der Waals surface area contributed by atoms with Gasteiger partial charge in [-0.25, -0.2) is 0 Å². The Morgan fingerprint density at radius 2 is 2.50 bits per heavy atom. The lowest BCUT2D eigenvalue weighted by molar-refractivity contribution is 0.0482. The zero-order valence-corrected chi connectivity index (χ0v) is 4.84. The fourth-order valence-corrected chi connectivity index (χ4v) is 1.48. The number of hydrogen-bond donors (Lipinski definition) is 0. The summed E-state index contributed by atoms with van der Waals surface area (Å²) in [5, 5.41) is 0. The molecule has 2 aliphatic rings. The van der Waals surface area contributed by atoms with Crippen LogP contribution in [0, 0.1) is 7.05 Å². The molecule has 2 bridgehead atoms. The number of ether oxygens (including phenoxy) is 1. The van der Waals surface area contributed by atoms with E-state index in [0.29, 0.717) is 12.1 Å². The first-order chi connectivity index (χ1) is 3.86. The second-order valence-electron chi connectivity index (χ2n) is 2.62. The van der Waals surface area contributed by atoms with E-state index in [9.17, 15) is 0 Å². The summed E-state index contributed by atoms with van der Waals surface area (Å²) >= 11 is 0. The van der Waals surface area contributed by atoms with Crippen LogP contribution in [0.2, 0.25) is 0 Å². The minimum Gasteiger partial charge on any atom is -0.453 e. The zero-order chi connectivity index (χ0) is 5.56. The number of hydrogen-bond acceptors (Lipinski definition) is 2. The van der Waals surface area contributed by atoms with Crippen molar-refractivity contribution in [2.45, 2.75) is 18.6 Å². The molecule has 0 aromatic heterocycles. The summed E-state index contributed by atoms with van der Waals surface area (Å²) in [5.41, 5.74) is 0. The van der Waals surface area contributed by atoms with Crippen LogP contribution in [0.3, 0.4) is 0 Å². The molecule has 2 heteroatoms. The molecule has 2 fully saturated rings. The van der Waals surface area contributed by atoms with Crippen LogP contribution in [0.15, 0.2) is 0 Å². The lowest BCUT2D eigenvalue weighted by Crippen LogP contribution is -2.31. The van der Waals surface area contributed by atoms with Crippen molar-refractivity contribution < 1.29 is 4.74 Å². The average molecular weight is 112 g/mol. The Labute approximate surface area is 49.4 Å². The summed E-state index contributed by atoms with van der Waals surface area (Å²) in [4.78, 5) is 2.13. The Balaban J connectivity index is 2.11. The summed E-state index contributed by atoms with van der Waals surface area (Å²) < 4.78 is 5.34. The number of nitrogens with zero attached hydrogens (tertiary/aromatic N) is 1. The molecule has 2 saturated heterocycles. The molecule has 2 atom stereocenters. The van der Waals surface area contributed by atoms with Crippen LogP contribution in [0.1, 0.15) is 6.42 Å². The van der Waals surface area contributed by atoms with Gasteiger partial charge in [-0.3, -0.25) is 7.05 Å². The van der Waals surface area contributed by atoms with Crippen LogP contribution < -0.4 is 0 Å². The third-order valence-electron chi connectivity index (χ3n) is 2.01. The van der Waals surface area contributed by atoms with Gasteiger partial charge in [-0.1, -0.05) is 0 Å². The fraction of sp³-hybridized carbons (Fsp3) is 0.833. The van der Waals surface area contributed by atoms with E-state index in [4.69, 9.17) is 4.74 Å². The molecule has 0 aromatic rings. The second-order valence-corrected chi connectivity index (χ2v) is 2.62. The first kappa shape index (κ1) is 4.77. The van der Waals surface area contributed by atoms with Crippen molar-refractivity contribution in [3.05, 3.63) is 7.05 Å². The summed E-state index contributed by atoms with van der Waals surface area (Å²) in [6, 6.07) is 0.639. The van der Waals surface area contributed by atoms with Gasteiger partial charge in [-0.2, -0.15) is 0 Å². The van der Waals surface area contributed by atoms with Crippen molar-refractivity contribution in [3.63, 3.8) is 0 Å². The van der Waals surface area contributed by atoms with E-state index in [0.717, 1.165) is 13.2 Å². The highest BCUT2D eigenvalue weighted by atomic mass is 16.5. The van der Waals surface area contributed by atoms with Crippen LogP contribution in [0.4, 0.5) is 0 Å². The third kappa shape index (κ3) is 0.501. The van der Waals surface area contributed by atoms with E-state index in [1.165, 1.54) is 6.42 Å². The Hall–Kier alpha value is -0.0800. The normalized spacial score (nSPS) is 46.1. The van der Waals surface area contributed by atoms with E-state index >= 15 is 0 Å². The van der Waals surface area contributed by atoms with Crippen LogP contribution in [-0.2, 0) is 4.74 Å². The number of rotatable bonds is 0. The molecule has 2 heterocycles. The maximum Gasteiger partial charge on any atom is 0.0693 e. The topological polar surface area (TPSA) is 12.5 Å². The molecular formula is C6H10NO-. The van der Waals surface area contributed by atoms with Gasteiger partial charge in [0, 0.05) is 6.04 Å². The molecule has 0 aromatic carbocycles. The maximum atomic E-state index is 5.34. The summed E-state index contributed by atoms with van der Waals surface area (Å²) in [6.07, 6.45) is 1.72. The molecule has 2 nitrogen and oxygen atoms in total. The smallest absolute Gasteiger partial charge is 0.0693 e. The Kier molecular flexibility index (Phi) is 0.866. The van der Waals surface area contributed by atoms with Gasteiger partial charge in [0.2, 0.25) is 0 Å². The molecule has 8 heavy (non-hydrogen) atoms. The second kappa shape index (κ2) is 1.45. The predicted octanol–water partition coefficient (Wildman–Crippen LogP) is 0.251. The predicted molar refractivity (Wildman–Crippen MR) is 30.2 cm³/mol. The Bertz CT molecular complexity index is 103. The highest BCUT2D eigenvalue weighted by Gasteiger charge is 2.32. The van der Waals surface area contributed by atoms with Crippen molar-refractivity contribution >= 4 is 0 Å². The molecule has 0 aliphatic carbocycles. The quantitative estimate of drug-likeness (QED) is 0.416. The molecule has 0 saturated carbocycles. The fourth-order valence-electron chi connectivity index (χ4n) is 1.48. The van der Waals surface area contributed by atoms with Crippen molar-refractivity contribution in [3.8, 4) is 0 Å². The standard InChI is InChI=1S/C6H10NO/c1-7-3-6-2-5(7)4-8-6/h5-6H,1-4H2/q-1/t5-,6-/m0/s1. The van der Waals surface area contributed by atoms with Gasteiger partial charge in [-0.05, 0) is 13.0 Å². The van der Waals surface area contributed by atoms with Gasteiger partial charge in [0.1, 0.15) is 0 Å². The Morgan fingerprint density at radius 3 is 2.75 bits per heavy atom. The molecule has 0 N–H and O–H groups in total. The molecule has 46 valence electrons. The molecule has 0 spiro atoms. The molecule has 2 rings (SSSR count). The maximum absolute atomic E-state index is 5.34. The number of fused-ring (bicyclic) bond motifs is 2. The van der Waals surface area contributed by atoms with Gasteiger partial charge in [0.05, 0.1) is 12.7 Å². The van der Waals surface area contributed by atoms with Crippen LogP contribution in [-0.4, -0.2) is 30.2 Å². The van der Waals surface area contributed by atoms with E-state index in [-0.39, 0.29) is 0 Å². The molecule has 0 unspecified atom stereocenters. The van der Waals surface area contributed by atoms with Gasteiger partial charge in [-0.15, -0.1) is 0 Å². The minimum absolute atomic E-state index is 0.512. The van der Waals surface area contributed by atoms with Crippen LogP contribution >= 0.6 is 0 Å². The molecular weight excluding hydrogens is 102 g/mol. The van der Waals surface area contributed by atoms with E-state index in [1.807, 2.05) is 0 Å². The largest absolute Gasteiger partial charge is 0.453 e. The number of likely N-dealkylation sites (tertiary alicyclic amines) is 1. The Morgan fingerprint density at radius 1 is 1.62 bits per heavy atom. The van der Waals surface area contributed by atoms with Crippen LogP contribution in [0.5, 0.6) is 0 Å². The number of morpholine rings is 1. The molecule has 0 radical (unpaired) electrons. The van der Waals surface area contributed by atoms with Crippen molar-refractivity contribution in [2.24, 2.45) is 0 Å². The van der Waals surface area contributed by atoms with Gasteiger partial charge >= 0.3 is 0 Å². The lowest BCUT2D eigenvalue weighted by Gasteiger charge is -2.28. The minimum atomic E-state index is 0.512. The zero-order valence-electron chi connectivity index (χ0n) is 4.84. The van der Waals surface area contributed by atoms with E-state index < -0.39 is 0 Å². The highest BCUT2D eigenvalue weighted by Crippen LogP contribution is 2.26. The first-order valence-electron chi connectivity index (χ1n) is 3.05. The monoisotopic (exact) mass is 112 g/mol. The first-order valence-corrected chi connectivity index (χ1v) is 3.05. The van der Waals surface area contributed by atoms with Crippen LogP contribution in [0.25, 0.3) is 0 Å². The highest BCUT2D eigenvalue weighted by molar-refractivity contribution is 4.90. The summed E-state index contributed by atoms with van der Waals surface area (Å²) in [6.45, 7) is 1.96. The van der Waals surface area contributed by atoms with Crippen molar-refractivity contribution in [1.82, 2.24) is 4.90 Å². The van der Waals surface area contributed by atoms with Gasteiger partial charge in [0.25, 0.3) is 0 Å². The third-order valence-corrected chi connectivity index (χ3v) is 2.01. The van der Waals surface area contributed by atoms with Gasteiger partial charge < -0.3 is 9.64 Å². The van der Waals surface area contributed by atoms with Gasteiger partial charge in [0.15, 0.2) is 0 Å². The average Bonchev–Trinajstić information content (AvgIpc) is 2.23. The van der Waals surface area contributed by atoms with Crippen molar-refractivity contribution in [2.75, 3.05) is 13.2 Å². The SMILES string of the molecule is [CH2-]N1C[C@@H]2C[C@H]1CO2. The van der Waals surface area contributed by atoms with E-state index in [1.54, 1.807) is 0 Å². The summed E-state index contributed by atoms with van der Waals surface area (Å²) in [7, 11) is 3.87.